The first-order chi connectivity index (χ1) is 10.5. The molecular weight excluding hydrogens is 286 g/mol. The van der Waals surface area contributed by atoms with Crippen LogP contribution in [0.15, 0.2) is 12.4 Å². The molecule has 8 nitrogen and oxygen atoms in total. The zero-order valence-corrected chi connectivity index (χ0v) is 13.0. The van der Waals surface area contributed by atoms with Gasteiger partial charge in [0.1, 0.15) is 6.54 Å². The molecule has 2 heterocycles. The number of morpholine rings is 1. The van der Waals surface area contributed by atoms with Crippen molar-refractivity contribution in [3.05, 3.63) is 12.4 Å². The van der Waals surface area contributed by atoms with Gasteiger partial charge in [-0.25, -0.2) is 0 Å². The smallest absolute Gasteiger partial charge is 0.244 e. The van der Waals surface area contributed by atoms with Gasteiger partial charge in [-0.2, -0.15) is 5.10 Å². The summed E-state index contributed by atoms with van der Waals surface area (Å²) in [4.78, 5) is 25.7. The summed E-state index contributed by atoms with van der Waals surface area (Å²) in [6.45, 7) is 6.26. The third kappa shape index (κ3) is 4.28. The Morgan fingerprint density at radius 3 is 2.73 bits per heavy atom. The minimum absolute atomic E-state index is 0.0110. The van der Waals surface area contributed by atoms with Crippen LogP contribution in [0, 0.1) is 5.92 Å². The van der Waals surface area contributed by atoms with Gasteiger partial charge in [-0.15, -0.1) is 0 Å². The molecule has 1 aliphatic heterocycles. The Morgan fingerprint density at radius 1 is 1.41 bits per heavy atom. The van der Waals surface area contributed by atoms with E-state index in [1.807, 2.05) is 13.8 Å². The van der Waals surface area contributed by atoms with Crippen LogP contribution in [0.3, 0.4) is 0 Å². The summed E-state index contributed by atoms with van der Waals surface area (Å²) >= 11 is 0. The maximum atomic E-state index is 12.1. The molecular formula is C14H23N5O3. The zero-order chi connectivity index (χ0) is 16.1. The highest BCUT2D eigenvalue weighted by molar-refractivity contribution is 5.94. The van der Waals surface area contributed by atoms with Crippen LogP contribution >= 0.6 is 0 Å². The van der Waals surface area contributed by atoms with Crippen molar-refractivity contribution in [3.63, 3.8) is 0 Å². The summed E-state index contributed by atoms with van der Waals surface area (Å²) in [5, 5.41) is 6.79. The molecule has 3 N–H and O–H groups in total. The molecule has 0 spiro atoms. The largest absolute Gasteiger partial charge is 0.378 e. The van der Waals surface area contributed by atoms with Crippen molar-refractivity contribution in [2.45, 2.75) is 26.4 Å². The Labute approximate surface area is 129 Å². The molecule has 1 aromatic heterocycles. The molecule has 1 fully saturated rings. The number of amides is 2. The molecule has 0 radical (unpaired) electrons. The van der Waals surface area contributed by atoms with Crippen molar-refractivity contribution in [2.24, 2.45) is 11.7 Å². The van der Waals surface area contributed by atoms with E-state index in [4.69, 9.17) is 10.5 Å². The highest BCUT2D eigenvalue weighted by atomic mass is 16.5. The highest BCUT2D eigenvalue weighted by Gasteiger charge is 2.19. The van der Waals surface area contributed by atoms with Gasteiger partial charge in [0.2, 0.25) is 11.8 Å². The Bertz CT molecular complexity index is 522. The van der Waals surface area contributed by atoms with Gasteiger partial charge < -0.3 is 20.7 Å². The molecule has 0 saturated carbocycles. The summed E-state index contributed by atoms with van der Waals surface area (Å²) in [5.41, 5.74) is 6.32. The van der Waals surface area contributed by atoms with E-state index in [1.165, 1.54) is 10.9 Å². The number of carbonyl (C=O) groups excluding carboxylic acids is 2. The molecule has 22 heavy (non-hydrogen) atoms. The number of hydrogen-bond acceptors (Lipinski definition) is 5. The average Bonchev–Trinajstić information content (AvgIpc) is 2.94. The van der Waals surface area contributed by atoms with Gasteiger partial charge in [0.25, 0.3) is 0 Å². The maximum absolute atomic E-state index is 12.1. The lowest BCUT2D eigenvalue weighted by Crippen LogP contribution is -2.42. The lowest BCUT2D eigenvalue weighted by molar-refractivity contribution is -0.136. The number of carbonyl (C=O) groups is 2. The quantitative estimate of drug-likeness (QED) is 0.775. The fourth-order valence-corrected chi connectivity index (χ4v) is 2.09. The Morgan fingerprint density at radius 2 is 2.09 bits per heavy atom. The van der Waals surface area contributed by atoms with Crippen LogP contribution in [-0.4, -0.2) is 58.8 Å². The molecule has 2 rings (SSSR count). The molecule has 0 aromatic carbocycles. The van der Waals surface area contributed by atoms with E-state index in [0.29, 0.717) is 32.0 Å². The van der Waals surface area contributed by atoms with E-state index in [-0.39, 0.29) is 24.3 Å². The molecule has 1 saturated heterocycles. The van der Waals surface area contributed by atoms with E-state index >= 15 is 0 Å². The minimum Gasteiger partial charge on any atom is -0.378 e. The number of nitrogens with two attached hydrogens (primary N) is 1. The SMILES string of the molecule is CC(C)[C@H](N)C(=O)Nc1cnn(CC(=O)N2CCOCC2)c1. The van der Waals surface area contributed by atoms with Crippen LogP contribution in [-0.2, 0) is 20.9 Å². The zero-order valence-electron chi connectivity index (χ0n) is 13.0. The summed E-state index contributed by atoms with van der Waals surface area (Å²) in [7, 11) is 0. The minimum atomic E-state index is -0.571. The fourth-order valence-electron chi connectivity index (χ4n) is 2.09. The topological polar surface area (TPSA) is 102 Å². The molecule has 0 unspecified atom stereocenters. The van der Waals surface area contributed by atoms with Gasteiger partial charge in [-0.3, -0.25) is 14.3 Å². The Hall–Kier alpha value is -1.93. The van der Waals surface area contributed by atoms with Crippen molar-refractivity contribution in [1.29, 1.82) is 0 Å². The molecule has 0 bridgehead atoms. The summed E-state index contributed by atoms with van der Waals surface area (Å²) < 4.78 is 6.72. The van der Waals surface area contributed by atoms with E-state index in [2.05, 4.69) is 10.4 Å². The van der Waals surface area contributed by atoms with Crippen LogP contribution in [0.5, 0.6) is 0 Å². The molecule has 0 aliphatic carbocycles. The lowest BCUT2D eigenvalue weighted by Gasteiger charge is -2.26. The monoisotopic (exact) mass is 309 g/mol. The number of nitrogens with one attached hydrogen (secondary N) is 1. The molecule has 8 heteroatoms. The molecule has 122 valence electrons. The van der Waals surface area contributed by atoms with Crippen molar-refractivity contribution in [3.8, 4) is 0 Å². The molecule has 1 atom stereocenters. The van der Waals surface area contributed by atoms with E-state index in [1.54, 1.807) is 11.1 Å². The van der Waals surface area contributed by atoms with Crippen LogP contribution in [0.25, 0.3) is 0 Å². The number of rotatable bonds is 5. The summed E-state index contributed by atoms with van der Waals surface area (Å²) in [5.74, 6) is -0.213. The standard InChI is InChI=1S/C14H23N5O3/c1-10(2)13(15)14(21)17-11-7-16-19(8-11)9-12(20)18-3-5-22-6-4-18/h7-8,10,13H,3-6,9,15H2,1-2H3,(H,17,21)/t13-/m0/s1. The van der Waals surface area contributed by atoms with Crippen LogP contribution < -0.4 is 11.1 Å². The Kier molecular flexibility index (Phi) is 5.51. The first-order valence-corrected chi connectivity index (χ1v) is 7.42. The van der Waals surface area contributed by atoms with Crippen molar-refractivity contribution < 1.29 is 14.3 Å². The predicted molar refractivity (Wildman–Crippen MR) is 81.1 cm³/mol. The number of anilines is 1. The highest BCUT2D eigenvalue weighted by Crippen LogP contribution is 2.08. The predicted octanol–water partition coefficient (Wildman–Crippen LogP) is -0.336. The second-order valence-electron chi connectivity index (χ2n) is 5.68. The second kappa shape index (κ2) is 7.37. The van der Waals surface area contributed by atoms with E-state index in [0.717, 1.165) is 0 Å². The van der Waals surface area contributed by atoms with Gasteiger partial charge in [0.15, 0.2) is 0 Å². The van der Waals surface area contributed by atoms with E-state index < -0.39 is 6.04 Å². The number of ether oxygens (including phenoxy) is 1. The third-order valence-electron chi connectivity index (χ3n) is 3.58. The number of aromatic nitrogens is 2. The van der Waals surface area contributed by atoms with Crippen LogP contribution in [0.2, 0.25) is 0 Å². The van der Waals surface area contributed by atoms with Crippen molar-refractivity contribution in [2.75, 3.05) is 31.6 Å². The first kappa shape index (κ1) is 16.4. The molecule has 2 amide bonds. The van der Waals surface area contributed by atoms with E-state index in [9.17, 15) is 9.59 Å². The normalized spacial score (nSPS) is 16.6. The van der Waals surface area contributed by atoms with Gasteiger partial charge in [-0.05, 0) is 5.92 Å². The van der Waals surface area contributed by atoms with Gasteiger partial charge in [0, 0.05) is 19.3 Å². The average molecular weight is 309 g/mol. The third-order valence-corrected chi connectivity index (χ3v) is 3.58. The van der Waals surface area contributed by atoms with Crippen LogP contribution in [0.4, 0.5) is 5.69 Å². The molecule has 1 aromatic rings. The molecule has 1 aliphatic rings. The number of hydrogen-bond donors (Lipinski definition) is 2. The summed E-state index contributed by atoms with van der Waals surface area (Å²) in [6, 6.07) is -0.571. The number of nitrogens with zero attached hydrogens (tertiary/aromatic N) is 3. The Balaban J connectivity index is 1.88. The van der Waals surface area contributed by atoms with Crippen LogP contribution in [0.1, 0.15) is 13.8 Å². The van der Waals surface area contributed by atoms with Crippen molar-refractivity contribution >= 4 is 17.5 Å². The van der Waals surface area contributed by atoms with Gasteiger partial charge in [-0.1, -0.05) is 13.8 Å². The lowest BCUT2D eigenvalue weighted by atomic mass is 10.1. The van der Waals surface area contributed by atoms with Gasteiger partial charge in [0.05, 0.1) is 31.1 Å². The second-order valence-corrected chi connectivity index (χ2v) is 5.68. The fraction of sp³-hybridized carbons (Fsp3) is 0.643. The summed E-state index contributed by atoms with van der Waals surface area (Å²) in [6.07, 6.45) is 3.14. The first-order valence-electron chi connectivity index (χ1n) is 7.42. The maximum Gasteiger partial charge on any atom is 0.244 e. The van der Waals surface area contributed by atoms with Crippen molar-refractivity contribution in [1.82, 2.24) is 14.7 Å². The van der Waals surface area contributed by atoms with Gasteiger partial charge >= 0.3 is 0 Å².